The first-order valence-corrected chi connectivity index (χ1v) is 6.57. The van der Waals surface area contributed by atoms with Crippen LogP contribution in [0.15, 0.2) is 18.2 Å². The van der Waals surface area contributed by atoms with Crippen LogP contribution in [0.25, 0.3) is 0 Å². The second-order valence-corrected chi connectivity index (χ2v) is 4.65. The summed E-state index contributed by atoms with van der Waals surface area (Å²) in [5.74, 6) is -7.15. The number of anilines is 2. The highest BCUT2D eigenvalue weighted by Gasteiger charge is 2.49. The van der Waals surface area contributed by atoms with E-state index >= 15 is 0 Å². The van der Waals surface area contributed by atoms with Crippen molar-refractivity contribution in [2.75, 3.05) is 10.6 Å². The van der Waals surface area contributed by atoms with Gasteiger partial charge in [0, 0.05) is 17.8 Å². The summed E-state index contributed by atoms with van der Waals surface area (Å²) in [5, 5.41) is 4.32. The number of amides is 2. The van der Waals surface area contributed by atoms with Crippen LogP contribution < -0.4 is 10.6 Å². The quantitative estimate of drug-likeness (QED) is 0.787. The summed E-state index contributed by atoms with van der Waals surface area (Å²) in [5.41, 5.74) is 0.543. The van der Waals surface area contributed by atoms with Crippen LogP contribution >= 0.6 is 0 Å². The third kappa shape index (κ3) is 4.19. The molecule has 4 nitrogen and oxygen atoms in total. The molecule has 0 aliphatic rings. The summed E-state index contributed by atoms with van der Waals surface area (Å²) in [7, 11) is 0. The van der Waals surface area contributed by atoms with E-state index in [4.69, 9.17) is 0 Å². The van der Waals surface area contributed by atoms with Gasteiger partial charge in [0.1, 0.15) is 0 Å². The molecule has 22 heavy (non-hydrogen) atoms. The van der Waals surface area contributed by atoms with Crippen LogP contribution in [0.1, 0.15) is 25.3 Å². The van der Waals surface area contributed by atoms with Crippen molar-refractivity contribution in [2.45, 2.75) is 39.0 Å². The number of hydrogen-bond donors (Lipinski definition) is 2. The third-order valence-corrected chi connectivity index (χ3v) is 2.91. The first-order chi connectivity index (χ1) is 10.2. The number of benzene rings is 1. The van der Waals surface area contributed by atoms with Crippen molar-refractivity contribution in [3.05, 3.63) is 23.8 Å². The van der Waals surface area contributed by atoms with Crippen LogP contribution in [0, 0.1) is 6.92 Å². The summed E-state index contributed by atoms with van der Waals surface area (Å²) in [6, 6.07) is 4.21. The molecule has 2 amide bonds. The molecule has 0 saturated heterocycles. The van der Waals surface area contributed by atoms with Crippen molar-refractivity contribution < 1.29 is 27.2 Å². The van der Waals surface area contributed by atoms with E-state index in [1.165, 1.54) is 25.1 Å². The van der Waals surface area contributed by atoms with Gasteiger partial charge >= 0.3 is 18.3 Å². The summed E-state index contributed by atoms with van der Waals surface area (Å²) < 4.78 is 50.1. The van der Waals surface area contributed by atoms with E-state index in [1.54, 1.807) is 5.32 Å². The first-order valence-electron chi connectivity index (χ1n) is 6.57. The molecule has 0 saturated carbocycles. The number of hydrogen-bond acceptors (Lipinski definition) is 2. The van der Waals surface area contributed by atoms with Crippen LogP contribution in [0.5, 0.6) is 0 Å². The van der Waals surface area contributed by atoms with Gasteiger partial charge in [-0.2, -0.15) is 8.78 Å². The Morgan fingerprint density at radius 3 is 2.23 bits per heavy atom. The van der Waals surface area contributed by atoms with Crippen molar-refractivity contribution in [1.82, 2.24) is 0 Å². The fraction of sp³-hybridized carbons (Fsp3) is 0.429. The Kier molecular flexibility index (Phi) is 5.90. The first kappa shape index (κ1) is 17.9. The molecule has 0 bridgehead atoms. The Morgan fingerprint density at radius 1 is 1.18 bits per heavy atom. The molecule has 0 aliphatic heterocycles. The molecule has 1 rings (SSSR count). The molecule has 8 heteroatoms. The zero-order chi connectivity index (χ0) is 16.9. The fourth-order valence-corrected chi connectivity index (χ4v) is 1.65. The van der Waals surface area contributed by atoms with E-state index in [-0.39, 0.29) is 18.0 Å². The molecular weight excluding hydrogens is 304 g/mol. The van der Waals surface area contributed by atoms with Crippen LogP contribution in [-0.4, -0.2) is 24.2 Å². The topological polar surface area (TPSA) is 58.2 Å². The molecule has 122 valence electrons. The van der Waals surface area contributed by atoms with Gasteiger partial charge in [-0.25, -0.2) is 8.78 Å². The minimum Gasteiger partial charge on any atom is -0.326 e. The maximum absolute atomic E-state index is 12.9. The van der Waals surface area contributed by atoms with Gasteiger partial charge in [0.05, 0.1) is 0 Å². The molecule has 0 heterocycles. The lowest BCUT2D eigenvalue weighted by atomic mass is 10.1. The van der Waals surface area contributed by atoms with E-state index in [2.05, 4.69) is 5.32 Å². The Balaban J connectivity index is 2.94. The van der Waals surface area contributed by atoms with E-state index < -0.39 is 18.3 Å². The second kappa shape index (κ2) is 7.24. The smallest absolute Gasteiger partial charge is 0.326 e. The number of alkyl halides is 4. The lowest BCUT2D eigenvalue weighted by Crippen LogP contribution is -2.41. The maximum atomic E-state index is 12.9. The van der Waals surface area contributed by atoms with Crippen molar-refractivity contribution in [3.8, 4) is 0 Å². The highest BCUT2D eigenvalue weighted by molar-refractivity contribution is 5.99. The molecule has 0 radical (unpaired) electrons. The van der Waals surface area contributed by atoms with Gasteiger partial charge in [-0.1, -0.05) is 13.0 Å². The number of rotatable bonds is 6. The molecule has 0 atom stereocenters. The van der Waals surface area contributed by atoms with Gasteiger partial charge in [-0.15, -0.1) is 0 Å². The van der Waals surface area contributed by atoms with E-state index in [0.717, 1.165) is 0 Å². The Morgan fingerprint density at radius 2 is 1.73 bits per heavy atom. The normalized spacial score (nSPS) is 11.4. The summed E-state index contributed by atoms with van der Waals surface area (Å²) in [6.45, 7) is 3.28. The predicted octanol–water partition coefficient (Wildman–Crippen LogP) is 3.57. The van der Waals surface area contributed by atoms with Crippen LogP contribution in [0.2, 0.25) is 0 Å². The molecule has 1 aromatic rings. The number of carbonyl (C=O) groups excluding carboxylic acids is 2. The molecule has 0 aromatic heterocycles. The summed E-state index contributed by atoms with van der Waals surface area (Å²) in [4.78, 5) is 22.8. The molecule has 0 unspecified atom stereocenters. The molecule has 0 spiro atoms. The Bertz CT molecular complexity index is 562. The van der Waals surface area contributed by atoms with Gasteiger partial charge in [0.2, 0.25) is 5.91 Å². The number of carbonyl (C=O) groups is 2. The lowest BCUT2D eigenvalue weighted by molar-refractivity contribution is -0.163. The fourth-order valence-electron chi connectivity index (χ4n) is 1.65. The largest absolute Gasteiger partial charge is 0.383 e. The van der Waals surface area contributed by atoms with Crippen LogP contribution in [-0.2, 0) is 9.59 Å². The number of nitrogens with one attached hydrogen (secondary N) is 2. The predicted molar refractivity (Wildman–Crippen MR) is 74.3 cm³/mol. The third-order valence-electron chi connectivity index (χ3n) is 2.91. The molecule has 0 fully saturated rings. The minimum atomic E-state index is -4.78. The van der Waals surface area contributed by atoms with Crippen molar-refractivity contribution >= 4 is 23.2 Å². The molecule has 1 aromatic carbocycles. The van der Waals surface area contributed by atoms with Crippen LogP contribution in [0.3, 0.4) is 0 Å². The molecular formula is C14H16F4N2O2. The van der Waals surface area contributed by atoms with Gasteiger partial charge in [0.15, 0.2) is 0 Å². The highest BCUT2D eigenvalue weighted by atomic mass is 19.3. The van der Waals surface area contributed by atoms with E-state index in [0.29, 0.717) is 17.7 Å². The second-order valence-electron chi connectivity index (χ2n) is 4.65. The monoisotopic (exact) mass is 320 g/mol. The van der Waals surface area contributed by atoms with Gasteiger partial charge in [-0.3, -0.25) is 9.59 Å². The molecule has 0 aliphatic carbocycles. The standard InChI is InChI=1S/C14H16F4N2O2/c1-3-5-11(21)19-9-6-4-7-10(8(9)2)20-13(22)14(17,18)12(15)16/h4,6-7,12H,3,5H2,1-2H3,(H,19,21)(H,20,22). The summed E-state index contributed by atoms with van der Waals surface area (Å²) >= 11 is 0. The highest BCUT2D eigenvalue weighted by Crippen LogP contribution is 2.28. The number of halogens is 4. The van der Waals surface area contributed by atoms with Crippen molar-refractivity contribution in [1.29, 1.82) is 0 Å². The van der Waals surface area contributed by atoms with Gasteiger partial charge in [-0.05, 0) is 31.0 Å². The summed E-state index contributed by atoms with van der Waals surface area (Å²) in [6.07, 6.45) is -3.19. The van der Waals surface area contributed by atoms with Crippen LogP contribution in [0.4, 0.5) is 28.9 Å². The van der Waals surface area contributed by atoms with E-state index in [9.17, 15) is 27.2 Å². The van der Waals surface area contributed by atoms with Crippen molar-refractivity contribution in [2.24, 2.45) is 0 Å². The van der Waals surface area contributed by atoms with Crippen molar-refractivity contribution in [3.63, 3.8) is 0 Å². The zero-order valence-electron chi connectivity index (χ0n) is 12.1. The maximum Gasteiger partial charge on any atom is 0.383 e. The Labute approximate surface area is 124 Å². The lowest BCUT2D eigenvalue weighted by Gasteiger charge is -2.17. The van der Waals surface area contributed by atoms with E-state index in [1.807, 2.05) is 6.92 Å². The molecule has 2 N–H and O–H groups in total. The average molecular weight is 320 g/mol. The van der Waals surface area contributed by atoms with Gasteiger partial charge in [0.25, 0.3) is 0 Å². The Hall–Kier alpha value is -2.12. The zero-order valence-corrected chi connectivity index (χ0v) is 12.1. The van der Waals surface area contributed by atoms with Gasteiger partial charge < -0.3 is 10.6 Å². The average Bonchev–Trinajstić information content (AvgIpc) is 2.43. The SMILES string of the molecule is CCCC(=O)Nc1cccc(NC(=O)C(F)(F)C(F)F)c1C. The minimum absolute atomic E-state index is 0.0698.